The first-order chi connectivity index (χ1) is 16.5. The first-order valence-corrected chi connectivity index (χ1v) is 11.4. The topological polar surface area (TPSA) is 118 Å². The number of pyridine rings is 2. The van der Waals surface area contributed by atoms with Crippen molar-refractivity contribution >= 4 is 34.9 Å². The number of anilines is 2. The number of hydrogen-bond acceptors (Lipinski definition) is 8. The quantitative estimate of drug-likeness (QED) is 0.384. The Morgan fingerprint density at radius 3 is 2.62 bits per heavy atom. The Morgan fingerprint density at radius 1 is 1.15 bits per heavy atom. The van der Waals surface area contributed by atoms with Crippen LogP contribution in [-0.4, -0.2) is 70.9 Å². The third-order valence-corrected chi connectivity index (χ3v) is 5.82. The third-order valence-electron chi connectivity index (χ3n) is 5.82. The summed E-state index contributed by atoms with van der Waals surface area (Å²) in [5, 5.41) is 7.87. The molecular weight excluding hydrogens is 432 g/mol. The summed E-state index contributed by atoms with van der Waals surface area (Å²) >= 11 is 0. The highest BCUT2D eigenvalue weighted by Gasteiger charge is 2.22. The predicted molar refractivity (Wildman–Crippen MR) is 132 cm³/mol. The summed E-state index contributed by atoms with van der Waals surface area (Å²) in [4.78, 5) is 35.0. The first-order valence-electron chi connectivity index (χ1n) is 11.4. The highest BCUT2D eigenvalue weighted by Crippen LogP contribution is 2.28. The number of carbonyl (C=O) groups excluding carboxylic acids is 1. The molecule has 1 aliphatic carbocycles. The molecule has 10 nitrogen and oxygen atoms in total. The molecule has 10 heteroatoms. The molecule has 34 heavy (non-hydrogen) atoms. The molecule has 1 aliphatic rings. The molecule has 0 aliphatic heterocycles. The minimum atomic E-state index is -0.360. The lowest BCUT2D eigenvalue weighted by atomic mass is 9.86. The van der Waals surface area contributed by atoms with Crippen molar-refractivity contribution in [2.75, 3.05) is 38.4 Å². The number of hydrogen-bond donors (Lipinski definition) is 2. The van der Waals surface area contributed by atoms with E-state index in [9.17, 15) is 4.79 Å². The van der Waals surface area contributed by atoms with Crippen molar-refractivity contribution in [3.8, 4) is 5.88 Å². The van der Waals surface area contributed by atoms with Crippen molar-refractivity contribution in [1.82, 2.24) is 24.8 Å². The molecule has 3 aromatic heterocycles. The fraction of sp³-hybridized carbons (Fsp3) is 0.417. The van der Waals surface area contributed by atoms with Crippen molar-refractivity contribution in [2.45, 2.75) is 31.7 Å². The van der Waals surface area contributed by atoms with Crippen LogP contribution in [0.5, 0.6) is 5.88 Å². The van der Waals surface area contributed by atoms with Crippen molar-refractivity contribution in [3.63, 3.8) is 0 Å². The molecule has 3 aromatic rings. The van der Waals surface area contributed by atoms with Crippen molar-refractivity contribution < 1.29 is 9.53 Å². The number of nitrogens with one attached hydrogen (secondary N) is 2. The Balaban J connectivity index is 1.24. The van der Waals surface area contributed by atoms with Gasteiger partial charge in [-0.05, 0) is 49.8 Å². The van der Waals surface area contributed by atoms with E-state index in [1.807, 2.05) is 18.2 Å². The van der Waals surface area contributed by atoms with Gasteiger partial charge in [0.25, 0.3) is 5.91 Å². The lowest BCUT2D eigenvalue weighted by molar-refractivity contribution is 0.100. The number of ether oxygens (including phenoxy) is 1. The van der Waals surface area contributed by atoms with Crippen LogP contribution in [-0.2, 0) is 0 Å². The van der Waals surface area contributed by atoms with E-state index in [1.54, 1.807) is 32.3 Å². The van der Waals surface area contributed by atoms with Crippen LogP contribution in [0.25, 0.3) is 10.9 Å². The fourth-order valence-electron chi connectivity index (χ4n) is 3.98. The van der Waals surface area contributed by atoms with E-state index >= 15 is 0 Å². The zero-order valence-electron chi connectivity index (χ0n) is 19.7. The standard InChI is InChI=1S/C24H30N8O2/c1-32(2)15-29-22(33)18-13-27-24(28-14-18)26-12-16-4-7-19(8-5-16)30-20-9-6-17-10-11-25-23(34-3)21(17)31-20/h6,9-11,13-16,19H,4-5,7-8,12H2,1-3H3,(H,30,31)(H,26,27,28)/b29-15+/t16-,19-. The summed E-state index contributed by atoms with van der Waals surface area (Å²) < 4.78 is 5.34. The zero-order chi connectivity index (χ0) is 23.9. The zero-order valence-corrected chi connectivity index (χ0v) is 19.7. The molecule has 178 valence electrons. The monoisotopic (exact) mass is 462 g/mol. The van der Waals surface area contributed by atoms with Gasteiger partial charge in [-0.3, -0.25) is 4.79 Å². The first kappa shape index (κ1) is 23.3. The van der Waals surface area contributed by atoms with Crippen LogP contribution in [0.2, 0.25) is 0 Å². The number of aliphatic imine (C=N–C) groups is 1. The van der Waals surface area contributed by atoms with Gasteiger partial charge in [-0.25, -0.2) is 19.9 Å². The fourth-order valence-corrected chi connectivity index (χ4v) is 3.98. The van der Waals surface area contributed by atoms with Gasteiger partial charge < -0.3 is 20.3 Å². The van der Waals surface area contributed by atoms with Gasteiger partial charge in [0.2, 0.25) is 11.8 Å². The molecule has 4 rings (SSSR count). The van der Waals surface area contributed by atoms with E-state index in [4.69, 9.17) is 9.72 Å². The number of methoxy groups -OCH3 is 1. The number of amides is 1. The van der Waals surface area contributed by atoms with Gasteiger partial charge in [0, 0.05) is 50.7 Å². The molecule has 0 spiro atoms. The molecule has 1 amide bonds. The summed E-state index contributed by atoms with van der Waals surface area (Å²) in [7, 11) is 5.22. The lowest BCUT2D eigenvalue weighted by Crippen LogP contribution is -2.29. The van der Waals surface area contributed by atoms with Crippen LogP contribution in [0.3, 0.4) is 0 Å². The van der Waals surface area contributed by atoms with Crippen LogP contribution >= 0.6 is 0 Å². The number of carbonyl (C=O) groups is 1. The van der Waals surface area contributed by atoms with E-state index < -0.39 is 0 Å². The normalized spacial score (nSPS) is 18.1. The molecule has 3 heterocycles. The van der Waals surface area contributed by atoms with Gasteiger partial charge >= 0.3 is 0 Å². The minimum Gasteiger partial charge on any atom is -0.479 e. The Kier molecular flexibility index (Phi) is 7.46. The maximum atomic E-state index is 12.0. The smallest absolute Gasteiger partial charge is 0.281 e. The van der Waals surface area contributed by atoms with Crippen LogP contribution in [0.1, 0.15) is 36.0 Å². The highest BCUT2D eigenvalue weighted by atomic mass is 16.5. The Morgan fingerprint density at radius 2 is 1.91 bits per heavy atom. The molecular formula is C24H30N8O2. The minimum absolute atomic E-state index is 0.360. The molecule has 0 atom stereocenters. The third kappa shape index (κ3) is 5.94. The highest BCUT2D eigenvalue weighted by molar-refractivity contribution is 5.98. The second-order valence-corrected chi connectivity index (χ2v) is 8.64. The molecule has 1 fully saturated rings. The van der Waals surface area contributed by atoms with Crippen LogP contribution in [0.4, 0.5) is 11.8 Å². The molecule has 0 aromatic carbocycles. The predicted octanol–water partition coefficient (Wildman–Crippen LogP) is 3.24. The number of rotatable bonds is 8. The number of aromatic nitrogens is 4. The Bertz CT molecular complexity index is 1140. The van der Waals surface area contributed by atoms with Gasteiger partial charge in [0.05, 0.1) is 19.0 Å². The van der Waals surface area contributed by atoms with E-state index in [-0.39, 0.29) is 5.91 Å². The lowest BCUT2D eigenvalue weighted by Gasteiger charge is -2.29. The van der Waals surface area contributed by atoms with Gasteiger partial charge in [-0.1, -0.05) is 0 Å². The second-order valence-electron chi connectivity index (χ2n) is 8.64. The van der Waals surface area contributed by atoms with Gasteiger partial charge in [0.15, 0.2) is 0 Å². The summed E-state index contributed by atoms with van der Waals surface area (Å²) in [5.41, 5.74) is 1.14. The molecule has 0 radical (unpaired) electrons. The van der Waals surface area contributed by atoms with Crippen molar-refractivity contribution in [3.05, 3.63) is 42.4 Å². The molecule has 0 bridgehead atoms. The summed E-state index contributed by atoms with van der Waals surface area (Å²) in [5.74, 6) is 2.09. The largest absolute Gasteiger partial charge is 0.479 e. The van der Waals surface area contributed by atoms with E-state index in [1.165, 1.54) is 18.7 Å². The maximum Gasteiger partial charge on any atom is 0.281 e. The average molecular weight is 463 g/mol. The Labute approximate surface area is 198 Å². The molecule has 1 saturated carbocycles. The van der Waals surface area contributed by atoms with Crippen molar-refractivity contribution in [1.29, 1.82) is 0 Å². The summed E-state index contributed by atoms with van der Waals surface area (Å²) in [6, 6.07) is 6.36. The van der Waals surface area contributed by atoms with Gasteiger partial charge in [0.1, 0.15) is 11.3 Å². The van der Waals surface area contributed by atoms with E-state index in [0.717, 1.165) is 48.9 Å². The van der Waals surface area contributed by atoms with Crippen LogP contribution < -0.4 is 15.4 Å². The Hall–Kier alpha value is -3.82. The van der Waals surface area contributed by atoms with E-state index in [2.05, 4.69) is 30.6 Å². The van der Waals surface area contributed by atoms with E-state index in [0.29, 0.717) is 29.4 Å². The molecule has 0 saturated heterocycles. The molecule has 0 unspecified atom stereocenters. The van der Waals surface area contributed by atoms with Gasteiger partial charge in [-0.15, -0.1) is 0 Å². The number of nitrogens with zero attached hydrogens (tertiary/aromatic N) is 6. The maximum absolute atomic E-state index is 12.0. The van der Waals surface area contributed by atoms with Crippen LogP contribution in [0, 0.1) is 5.92 Å². The number of fused-ring (bicyclic) bond motifs is 1. The average Bonchev–Trinajstić information content (AvgIpc) is 2.86. The molecule has 2 N–H and O–H groups in total. The SMILES string of the molecule is COc1nccc2ccc(N[C@H]3CC[C@H](CNc4ncc(C(=O)/N=C/N(C)C)cn4)CC3)nc12. The van der Waals surface area contributed by atoms with Gasteiger partial charge in [-0.2, -0.15) is 4.99 Å². The second kappa shape index (κ2) is 10.9. The van der Waals surface area contributed by atoms with Crippen LogP contribution in [0.15, 0.2) is 41.8 Å². The summed E-state index contributed by atoms with van der Waals surface area (Å²) in [6.07, 6.45) is 10.5. The van der Waals surface area contributed by atoms with Crippen molar-refractivity contribution in [2.24, 2.45) is 10.9 Å². The summed E-state index contributed by atoms with van der Waals surface area (Å²) in [6.45, 7) is 0.801.